The van der Waals surface area contributed by atoms with Gasteiger partial charge in [0.25, 0.3) is 0 Å². The summed E-state index contributed by atoms with van der Waals surface area (Å²) in [4.78, 5) is 0. The topological polar surface area (TPSA) is 121 Å². The quantitative estimate of drug-likeness (QED) is 0.269. The first-order chi connectivity index (χ1) is 11.0. The van der Waals surface area contributed by atoms with Crippen LogP contribution in [-0.2, 0) is 9.47 Å². The highest BCUT2D eigenvalue weighted by Gasteiger charge is 2.28. The number of phenols is 1. The van der Waals surface area contributed by atoms with Gasteiger partial charge in [0.05, 0.1) is 19.3 Å². The van der Waals surface area contributed by atoms with Crippen LogP contribution in [0.1, 0.15) is 6.92 Å². The molecule has 132 valence electrons. The van der Waals surface area contributed by atoms with Crippen molar-refractivity contribution < 1.29 is 34.6 Å². The van der Waals surface area contributed by atoms with E-state index in [1.54, 1.807) is 7.05 Å². The molecule has 0 spiro atoms. The summed E-state index contributed by atoms with van der Waals surface area (Å²) in [6, 6.07) is 5.76. The molecule has 0 aliphatic rings. The molecular formula is C15H25NO7. The molecule has 8 nitrogen and oxygen atoms in total. The maximum Gasteiger partial charge on any atom is 0.249 e. The largest absolute Gasteiger partial charge is 0.508 e. The molecule has 0 heterocycles. The molecule has 0 aliphatic heterocycles. The zero-order valence-electron chi connectivity index (χ0n) is 13.3. The highest BCUT2D eigenvalue weighted by atomic mass is 16.7. The molecule has 0 amide bonds. The number of hydrogen-bond donors (Lipinski definition) is 5. The van der Waals surface area contributed by atoms with Gasteiger partial charge in [-0.1, -0.05) is 0 Å². The lowest BCUT2D eigenvalue weighted by Gasteiger charge is -2.28. The summed E-state index contributed by atoms with van der Waals surface area (Å²) in [6.45, 7) is 1.77. The molecule has 0 aliphatic carbocycles. The lowest BCUT2D eigenvalue weighted by molar-refractivity contribution is -0.272. The fraction of sp³-hybridized carbons (Fsp3) is 0.600. The highest BCUT2D eigenvalue weighted by Crippen LogP contribution is 2.19. The lowest BCUT2D eigenvalue weighted by atomic mass is 10.2. The molecule has 0 saturated carbocycles. The van der Waals surface area contributed by atoms with E-state index < -0.39 is 31.4 Å². The fourth-order valence-electron chi connectivity index (χ4n) is 1.67. The third-order valence-electron chi connectivity index (χ3n) is 2.99. The Bertz CT molecular complexity index is 426. The zero-order valence-corrected chi connectivity index (χ0v) is 13.3. The van der Waals surface area contributed by atoms with E-state index in [-0.39, 0.29) is 12.4 Å². The molecule has 23 heavy (non-hydrogen) atoms. The minimum Gasteiger partial charge on any atom is -0.508 e. The first-order valence-corrected chi connectivity index (χ1v) is 7.32. The van der Waals surface area contributed by atoms with Crippen LogP contribution >= 0.6 is 0 Å². The number of phenolic OH excluding ortho intramolecular Hbond substituents is 1. The van der Waals surface area contributed by atoms with E-state index in [1.165, 1.54) is 31.2 Å². The van der Waals surface area contributed by atoms with Crippen LogP contribution in [0.3, 0.4) is 0 Å². The molecular weight excluding hydrogens is 306 g/mol. The van der Waals surface area contributed by atoms with Crippen LogP contribution in [0.5, 0.6) is 11.5 Å². The van der Waals surface area contributed by atoms with Crippen molar-refractivity contribution in [1.82, 2.24) is 5.32 Å². The van der Waals surface area contributed by atoms with Gasteiger partial charge in [0, 0.05) is 6.54 Å². The Morgan fingerprint density at radius 2 is 1.83 bits per heavy atom. The first-order valence-electron chi connectivity index (χ1n) is 7.32. The predicted octanol–water partition coefficient (Wildman–Crippen LogP) is -0.590. The van der Waals surface area contributed by atoms with Gasteiger partial charge in [-0.25, -0.2) is 0 Å². The van der Waals surface area contributed by atoms with Crippen molar-refractivity contribution in [3.63, 3.8) is 0 Å². The van der Waals surface area contributed by atoms with Crippen molar-refractivity contribution >= 4 is 0 Å². The van der Waals surface area contributed by atoms with E-state index in [9.17, 15) is 20.4 Å². The Morgan fingerprint density at radius 1 is 1.17 bits per heavy atom. The van der Waals surface area contributed by atoms with Crippen LogP contribution in [0.2, 0.25) is 0 Å². The van der Waals surface area contributed by atoms with Gasteiger partial charge in [0.2, 0.25) is 12.6 Å². The van der Waals surface area contributed by atoms with Crippen molar-refractivity contribution in [3.05, 3.63) is 24.3 Å². The second-order valence-electron chi connectivity index (χ2n) is 4.94. The molecule has 1 aromatic rings. The number of nitrogens with one attached hydrogen (secondary N) is 1. The van der Waals surface area contributed by atoms with Crippen molar-refractivity contribution in [1.29, 1.82) is 0 Å². The smallest absolute Gasteiger partial charge is 0.249 e. The van der Waals surface area contributed by atoms with Gasteiger partial charge in [-0.15, -0.1) is 0 Å². The molecule has 1 rings (SSSR count). The van der Waals surface area contributed by atoms with Crippen LogP contribution in [0.4, 0.5) is 0 Å². The van der Waals surface area contributed by atoms with E-state index in [1.807, 2.05) is 0 Å². The fourth-order valence-corrected chi connectivity index (χ4v) is 1.67. The van der Waals surface area contributed by atoms with Crippen molar-refractivity contribution in [2.75, 3.05) is 26.8 Å². The Kier molecular flexibility index (Phi) is 8.85. The summed E-state index contributed by atoms with van der Waals surface area (Å²) in [5.41, 5.74) is 0. The third-order valence-corrected chi connectivity index (χ3v) is 2.99. The second-order valence-corrected chi connectivity index (χ2v) is 4.94. The number of aromatic hydroxyl groups is 1. The number of likely N-dealkylation sites (N-methyl/N-ethyl adjacent to an activating group) is 1. The van der Waals surface area contributed by atoms with E-state index in [4.69, 9.17) is 14.2 Å². The van der Waals surface area contributed by atoms with Gasteiger partial charge in [-0.2, -0.15) is 0 Å². The number of hydrogen-bond acceptors (Lipinski definition) is 8. The van der Waals surface area contributed by atoms with Crippen molar-refractivity contribution in [2.45, 2.75) is 31.7 Å². The highest BCUT2D eigenvalue weighted by molar-refractivity contribution is 5.30. The van der Waals surface area contributed by atoms with Crippen molar-refractivity contribution in [3.8, 4) is 11.5 Å². The average molecular weight is 331 g/mol. The van der Waals surface area contributed by atoms with Crippen LogP contribution in [-0.4, -0.2) is 72.0 Å². The molecule has 8 heteroatoms. The Hall–Kier alpha value is -1.42. The van der Waals surface area contributed by atoms with Crippen LogP contribution < -0.4 is 10.1 Å². The van der Waals surface area contributed by atoms with E-state index >= 15 is 0 Å². The molecule has 4 atom stereocenters. The van der Waals surface area contributed by atoms with Gasteiger partial charge in [-0.05, 0) is 38.2 Å². The van der Waals surface area contributed by atoms with E-state index in [2.05, 4.69) is 5.32 Å². The average Bonchev–Trinajstić information content (AvgIpc) is 2.52. The van der Waals surface area contributed by atoms with Crippen LogP contribution in [0.15, 0.2) is 24.3 Å². The van der Waals surface area contributed by atoms with Gasteiger partial charge < -0.3 is 40.0 Å². The van der Waals surface area contributed by atoms with Gasteiger partial charge in [-0.3, -0.25) is 0 Å². The SMILES string of the molecule is CNCCOC(OC(CO)C(C)O)[C@@H](O)Oc1ccc(O)cc1. The summed E-state index contributed by atoms with van der Waals surface area (Å²) in [7, 11) is 1.74. The molecule has 5 N–H and O–H groups in total. The number of benzene rings is 1. The first kappa shape index (κ1) is 19.6. The minimum absolute atomic E-state index is 0.0689. The molecule has 0 saturated heterocycles. The Balaban J connectivity index is 2.69. The molecule has 0 aromatic heterocycles. The molecule has 1 aromatic carbocycles. The van der Waals surface area contributed by atoms with Crippen LogP contribution in [0.25, 0.3) is 0 Å². The van der Waals surface area contributed by atoms with E-state index in [0.29, 0.717) is 12.3 Å². The maximum absolute atomic E-state index is 10.1. The summed E-state index contributed by atoms with van der Waals surface area (Å²) in [5.74, 6) is 0.373. The third kappa shape index (κ3) is 7.12. The van der Waals surface area contributed by atoms with Gasteiger partial charge in [0.15, 0.2) is 0 Å². The number of rotatable bonds is 11. The zero-order chi connectivity index (χ0) is 17.2. The number of ether oxygens (including phenoxy) is 3. The molecule has 0 radical (unpaired) electrons. The molecule has 3 unspecified atom stereocenters. The lowest BCUT2D eigenvalue weighted by Crippen LogP contribution is -2.43. The minimum atomic E-state index is -1.48. The number of aliphatic hydroxyl groups excluding tert-OH is 3. The van der Waals surface area contributed by atoms with Crippen LogP contribution in [0, 0.1) is 0 Å². The normalized spacial score (nSPS) is 16.6. The van der Waals surface area contributed by atoms with Gasteiger partial charge in [0.1, 0.15) is 17.6 Å². The summed E-state index contributed by atoms with van der Waals surface area (Å²) >= 11 is 0. The van der Waals surface area contributed by atoms with Crippen molar-refractivity contribution in [2.24, 2.45) is 0 Å². The summed E-state index contributed by atoms with van der Waals surface area (Å²) in [5, 5.41) is 41.0. The number of aliphatic hydroxyl groups is 3. The summed E-state index contributed by atoms with van der Waals surface area (Å²) < 4.78 is 16.1. The Labute approximate surface area is 135 Å². The maximum atomic E-state index is 10.1. The summed E-state index contributed by atoms with van der Waals surface area (Å²) in [6.07, 6.45) is -4.56. The molecule has 0 fully saturated rings. The monoisotopic (exact) mass is 331 g/mol. The predicted molar refractivity (Wildman–Crippen MR) is 82.0 cm³/mol. The standard InChI is InChI=1S/C15H25NO7/c1-10(18)13(9-17)23-15(21-8-7-16-2)14(20)22-12-5-3-11(19)4-6-12/h3-6,10,13-20H,7-9H2,1-2H3/t10?,13?,14-,15?/m0/s1. The Morgan fingerprint density at radius 3 is 2.35 bits per heavy atom. The van der Waals surface area contributed by atoms with Gasteiger partial charge >= 0.3 is 0 Å². The molecule has 0 bridgehead atoms. The van der Waals surface area contributed by atoms with E-state index in [0.717, 1.165) is 0 Å². The second kappa shape index (κ2) is 10.4.